The topological polar surface area (TPSA) is 55.9 Å². The third kappa shape index (κ3) is 2.77. The third-order valence-corrected chi connectivity index (χ3v) is 2.92. The lowest BCUT2D eigenvalue weighted by Crippen LogP contribution is -2.30. The minimum atomic E-state index is -1.49. The van der Waals surface area contributed by atoms with Gasteiger partial charge in [0, 0.05) is 25.9 Å². The molecule has 19 heavy (non-hydrogen) atoms. The minimum Gasteiger partial charge on any atom is -0.338 e. The number of rotatable bonds is 4. The second-order valence-electron chi connectivity index (χ2n) is 4.18. The van der Waals surface area contributed by atoms with Gasteiger partial charge >= 0.3 is 0 Å². The smallest absolute Gasteiger partial charge is 0.194 e. The summed E-state index contributed by atoms with van der Waals surface area (Å²) in [7, 11) is 1.79. The number of nitrogens with one attached hydrogen (secondary N) is 1. The molecule has 1 aromatic heterocycles. The predicted molar refractivity (Wildman–Crippen MR) is 63.3 cm³/mol. The highest BCUT2D eigenvalue weighted by Gasteiger charge is 2.18. The number of hydrogen-bond donors (Lipinski definition) is 2. The van der Waals surface area contributed by atoms with E-state index in [4.69, 9.17) is 5.84 Å². The average Bonchev–Trinajstić information content (AvgIpc) is 2.78. The Balaban J connectivity index is 2.30. The summed E-state index contributed by atoms with van der Waals surface area (Å²) in [5, 5.41) is 0. The number of aromatic nitrogens is 2. The Morgan fingerprint density at radius 2 is 1.95 bits per heavy atom. The van der Waals surface area contributed by atoms with Gasteiger partial charge in [0.2, 0.25) is 0 Å². The summed E-state index contributed by atoms with van der Waals surface area (Å²) in [5.41, 5.74) is 2.67. The monoisotopic (exact) mass is 270 g/mol. The number of nitrogens with zero attached hydrogens (tertiary/aromatic N) is 2. The summed E-state index contributed by atoms with van der Waals surface area (Å²) < 4.78 is 41.0. The van der Waals surface area contributed by atoms with Crippen molar-refractivity contribution in [1.82, 2.24) is 15.0 Å². The summed E-state index contributed by atoms with van der Waals surface area (Å²) in [6.07, 6.45) is 3.67. The molecular weight excluding hydrogens is 257 g/mol. The molecule has 7 heteroatoms. The van der Waals surface area contributed by atoms with Crippen LogP contribution in [0.15, 0.2) is 24.5 Å². The van der Waals surface area contributed by atoms with Crippen molar-refractivity contribution in [2.24, 2.45) is 12.9 Å². The van der Waals surface area contributed by atoms with Gasteiger partial charge in [0.25, 0.3) is 0 Å². The standard InChI is InChI=1S/C12H13F3N4/c1-19-3-2-17-11(19)6-10(18-16)7-4-8(13)12(15)9(14)5-7/h2-5,10,18H,6,16H2,1H3. The maximum Gasteiger partial charge on any atom is 0.194 e. The molecule has 1 unspecified atom stereocenters. The number of aryl methyl sites for hydroxylation is 1. The molecule has 4 nitrogen and oxygen atoms in total. The minimum absolute atomic E-state index is 0.224. The molecule has 0 bridgehead atoms. The first kappa shape index (κ1) is 13.6. The van der Waals surface area contributed by atoms with Crippen LogP contribution in [-0.2, 0) is 13.5 Å². The van der Waals surface area contributed by atoms with Crippen LogP contribution >= 0.6 is 0 Å². The number of nitrogens with two attached hydrogens (primary N) is 1. The van der Waals surface area contributed by atoms with E-state index in [9.17, 15) is 13.2 Å². The summed E-state index contributed by atoms with van der Waals surface area (Å²) in [6.45, 7) is 0. The molecule has 0 spiro atoms. The number of halogens is 3. The summed E-state index contributed by atoms with van der Waals surface area (Å²) in [4.78, 5) is 4.10. The molecule has 0 aliphatic heterocycles. The Labute approximate surface area is 108 Å². The average molecular weight is 270 g/mol. The Hall–Kier alpha value is -1.86. The van der Waals surface area contributed by atoms with Crippen LogP contribution in [0.5, 0.6) is 0 Å². The van der Waals surface area contributed by atoms with E-state index in [-0.39, 0.29) is 5.56 Å². The zero-order chi connectivity index (χ0) is 14.0. The van der Waals surface area contributed by atoms with Gasteiger partial charge in [0.15, 0.2) is 17.5 Å². The van der Waals surface area contributed by atoms with Crippen LogP contribution in [0.25, 0.3) is 0 Å². The summed E-state index contributed by atoms with van der Waals surface area (Å²) >= 11 is 0. The molecule has 1 heterocycles. The Kier molecular flexibility index (Phi) is 3.87. The molecule has 0 saturated carbocycles. The van der Waals surface area contributed by atoms with Crippen molar-refractivity contribution in [3.05, 3.63) is 53.4 Å². The lowest BCUT2D eigenvalue weighted by molar-refractivity contribution is 0.438. The summed E-state index contributed by atoms with van der Waals surface area (Å²) in [5.74, 6) is 2.10. The van der Waals surface area contributed by atoms with Gasteiger partial charge in [-0.1, -0.05) is 0 Å². The number of hydrazine groups is 1. The quantitative estimate of drug-likeness (QED) is 0.504. The van der Waals surface area contributed by atoms with Crippen molar-refractivity contribution >= 4 is 0 Å². The Morgan fingerprint density at radius 1 is 1.32 bits per heavy atom. The maximum atomic E-state index is 13.2. The molecule has 0 radical (unpaired) electrons. The van der Waals surface area contributed by atoms with Gasteiger partial charge in [0.05, 0.1) is 6.04 Å². The molecule has 2 rings (SSSR count). The largest absolute Gasteiger partial charge is 0.338 e. The molecule has 1 atom stereocenters. The van der Waals surface area contributed by atoms with E-state index in [0.717, 1.165) is 12.1 Å². The van der Waals surface area contributed by atoms with E-state index < -0.39 is 23.5 Å². The fourth-order valence-electron chi connectivity index (χ4n) is 1.83. The van der Waals surface area contributed by atoms with Crippen LogP contribution in [0.4, 0.5) is 13.2 Å². The molecule has 2 aromatic rings. The van der Waals surface area contributed by atoms with Gasteiger partial charge < -0.3 is 4.57 Å². The highest BCUT2D eigenvalue weighted by Crippen LogP contribution is 2.21. The molecule has 0 amide bonds. The van der Waals surface area contributed by atoms with Gasteiger partial charge in [-0.25, -0.2) is 18.2 Å². The number of imidazole rings is 1. The van der Waals surface area contributed by atoms with Crippen molar-refractivity contribution in [1.29, 1.82) is 0 Å². The van der Waals surface area contributed by atoms with Crippen molar-refractivity contribution in [3.63, 3.8) is 0 Å². The van der Waals surface area contributed by atoms with E-state index in [2.05, 4.69) is 10.4 Å². The molecular formula is C12H13F3N4. The first-order valence-corrected chi connectivity index (χ1v) is 5.59. The zero-order valence-corrected chi connectivity index (χ0v) is 10.2. The lowest BCUT2D eigenvalue weighted by atomic mass is 10.0. The van der Waals surface area contributed by atoms with Crippen LogP contribution in [0.3, 0.4) is 0 Å². The first-order chi connectivity index (χ1) is 9.02. The van der Waals surface area contributed by atoms with Crippen LogP contribution in [0.2, 0.25) is 0 Å². The van der Waals surface area contributed by atoms with E-state index in [1.165, 1.54) is 0 Å². The molecule has 0 aliphatic rings. The van der Waals surface area contributed by atoms with Crippen LogP contribution in [-0.4, -0.2) is 9.55 Å². The van der Waals surface area contributed by atoms with E-state index >= 15 is 0 Å². The molecule has 1 aromatic carbocycles. The van der Waals surface area contributed by atoms with Crippen molar-refractivity contribution in [2.45, 2.75) is 12.5 Å². The first-order valence-electron chi connectivity index (χ1n) is 5.59. The highest BCUT2D eigenvalue weighted by molar-refractivity contribution is 5.23. The normalized spacial score (nSPS) is 12.7. The zero-order valence-electron chi connectivity index (χ0n) is 10.2. The molecule has 0 fully saturated rings. The van der Waals surface area contributed by atoms with Crippen LogP contribution in [0, 0.1) is 17.5 Å². The molecule has 0 aliphatic carbocycles. The van der Waals surface area contributed by atoms with Gasteiger partial charge in [0.1, 0.15) is 5.82 Å². The van der Waals surface area contributed by atoms with Crippen LogP contribution < -0.4 is 11.3 Å². The van der Waals surface area contributed by atoms with E-state index in [1.807, 2.05) is 0 Å². The fourth-order valence-corrected chi connectivity index (χ4v) is 1.83. The van der Waals surface area contributed by atoms with Gasteiger partial charge in [-0.05, 0) is 17.7 Å². The highest BCUT2D eigenvalue weighted by atomic mass is 19.2. The Bertz CT molecular complexity index is 559. The van der Waals surface area contributed by atoms with Crippen molar-refractivity contribution in [3.8, 4) is 0 Å². The fraction of sp³-hybridized carbons (Fsp3) is 0.250. The van der Waals surface area contributed by atoms with E-state index in [0.29, 0.717) is 12.2 Å². The van der Waals surface area contributed by atoms with Gasteiger partial charge in [-0.15, -0.1) is 0 Å². The number of hydrogen-bond acceptors (Lipinski definition) is 3. The second-order valence-corrected chi connectivity index (χ2v) is 4.18. The van der Waals surface area contributed by atoms with Gasteiger partial charge in [-0.2, -0.15) is 0 Å². The third-order valence-electron chi connectivity index (χ3n) is 2.92. The number of benzene rings is 1. The maximum absolute atomic E-state index is 13.2. The lowest BCUT2D eigenvalue weighted by Gasteiger charge is -2.16. The summed E-state index contributed by atoms with van der Waals surface area (Å²) in [6, 6.07) is 1.28. The molecule has 102 valence electrons. The predicted octanol–water partition coefficient (Wildman–Crippen LogP) is 1.58. The molecule has 0 saturated heterocycles. The Morgan fingerprint density at radius 3 is 2.42 bits per heavy atom. The van der Waals surface area contributed by atoms with Crippen molar-refractivity contribution < 1.29 is 13.2 Å². The van der Waals surface area contributed by atoms with E-state index in [1.54, 1.807) is 24.0 Å². The van der Waals surface area contributed by atoms with Gasteiger partial charge in [-0.3, -0.25) is 11.3 Å². The van der Waals surface area contributed by atoms with Crippen molar-refractivity contribution in [2.75, 3.05) is 0 Å². The molecule has 3 N–H and O–H groups in total. The second kappa shape index (κ2) is 5.41. The van der Waals surface area contributed by atoms with Crippen LogP contribution in [0.1, 0.15) is 17.4 Å². The SMILES string of the molecule is Cn1ccnc1CC(NN)c1cc(F)c(F)c(F)c1.